The molecule has 0 radical (unpaired) electrons. The Morgan fingerprint density at radius 3 is 2.50 bits per heavy atom. The van der Waals surface area contributed by atoms with Crippen LogP contribution in [0.15, 0.2) is 24.3 Å². The third-order valence-electron chi connectivity index (χ3n) is 1.86. The van der Waals surface area contributed by atoms with Gasteiger partial charge >= 0.3 is 0 Å². The second kappa shape index (κ2) is 4.15. The molecule has 1 rings (SSSR count). The normalized spacial score (nSPS) is 10.7. The minimum Gasteiger partial charge on any atom is -0.383 e. The number of hydrogen-bond donors (Lipinski definition) is 1. The zero-order chi connectivity index (χ0) is 10.6. The third kappa shape index (κ3) is 3.10. The number of rotatable bonds is 2. The van der Waals surface area contributed by atoms with E-state index in [1.807, 2.05) is 24.3 Å². The Bertz CT molecular complexity index is 342. The van der Waals surface area contributed by atoms with E-state index in [0.29, 0.717) is 5.56 Å². The van der Waals surface area contributed by atoms with Crippen molar-refractivity contribution in [3.05, 3.63) is 29.8 Å². The Labute approximate surface area is 85.6 Å². The highest BCUT2D eigenvalue weighted by atomic mass is 14.9. The summed E-state index contributed by atoms with van der Waals surface area (Å²) >= 11 is 0. The number of para-hydroxylation sites is 1. The summed E-state index contributed by atoms with van der Waals surface area (Å²) in [7, 11) is 0. The Morgan fingerprint density at radius 2 is 1.93 bits per heavy atom. The molecule has 0 unspecified atom stereocenters. The van der Waals surface area contributed by atoms with Crippen LogP contribution >= 0.6 is 0 Å². The van der Waals surface area contributed by atoms with Crippen molar-refractivity contribution in [2.45, 2.75) is 20.8 Å². The van der Waals surface area contributed by atoms with Crippen molar-refractivity contribution in [3.8, 4) is 6.07 Å². The number of hydrogen-bond acceptors (Lipinski definition) is 2. The van der Waals surface area contributed by atoms with Crippen molar-refractivity contribution < 1.29 is 0 Å². The van der Waals surface area contributed by atoms with Gasteiger partial charge in [0.15, 0.2) is 0 Å². The van der Waals surface area contributed by atoms with Gasteiger partial charge in [-0.15, -0.1) is 0 Å². The standard InChI is InChI=1S/C12H16N2/c1-12(2,3)9-14-11-7-5-4-6-10(11)8-13/h4-7,14H,9H2,1-3H3. The van der Waals surface area contributed by atoms with Gasteiger partial charge in [0.25, 0.3) is 0 Å². The first-order valence-corrected chi connectivity index (χ1v) is 4.76. The summed E-state index contributed by atoms with van der Waals surface area (Å²) in [6.45, 7) is 7.35. The van der Waals surface area contributed by atoms with Crippen LogP contribution in [0.25, 0.3) is 0 Å². The van der Waals surface area contributed by atoms with Gasteiger partial charge < -0.3 is 5.32 Å². The zero-order valence-electron chi connectivity index (χ0n) is 8.96. The van der Waals surface area contributed by atoms with Gasteiger partial charge in [0.1, 0.15) is 6.07 Å². The van der Waals surface area contributed by atoms with E-state index in [-0.39, 0.29) is 5.41 Å². The van der Waals surface area contributed by atoms with Gasteiger partial charge in [-0.3, -0.25) is 0 Å². The van der Waals surface area contributed by atoms with Crippen LogP contribution in [-0.4, -0.2) is 6.54 Å². The molecule has 74 valence electrons. The molecule has 0 saturated carbocycles. The van der Waals surface area contributed by atoms with Gasteiger partial charge in [0.2, 0.25) is 0 Å². The van der Waals surface area contributed by atoms with Gasteiger partial charge in [-0.25, -0.2) is 0 Å². The molecule has 0 heterocycles. The van der Waals surface area contributed by atoms with Gasteiger partial charge in [0.05, 0.1) is 11.3 Å². The van der Waals surface area contributed by atoms with Crippen LogP contribution in [0.5, 0.6) is 0 Å². The van der Waals surface area contributed by atoms with E-state index < -0.39 is 0 Å². The quantitative estimate of drug-likeness (QED) is 0.774. The lowest BCUT2D eigenvalue weighted by atomic mass is 9.97. The predicted molar refractivity (Wildman–Crippen MR) is 59.1 cm³/mol. The van der Waals surface area contributed by atoms with Gasteiger partial charge in [-0.1, -0.05) is 32.9 Å². The molecule has 14 heavy (non-hydrogen) atoms. The number of nitrogens with one attached hydrogen (secondary N) is 1. The first-order valence-electron chi connectivity index (χ1n) is 4.76. The number of benzene rings is 1. The molecule has 2 nitrogen and oxygen atoms in total. The lowest BCUT2D eigenvalue weighted by Crippen LogP contribution is -2.19. The number of anilines is 1. The van der Waals surface area contributed by atoms with Crippen molar-refractivity contribution in [1.82, 2.24) is 0 Å². The molecule has 1 aromatic carbocycles. The summed E-state index contributed by atoms with van der Waals surface area (Å²) in [5, 5.41) is 12.1. The molecule has 1 N–H and O–H groups in total. The smallest absolute Gasteiger partial charge is 0.101 e. The van der Waals surface area contributed by atoms with Crippen LogP contribution in [0.4, 0.5) is 5.69 Å². The van der Waals surface area contributed by atoms with E-state index in [2.05, 4.69) is 32.2 Å². The van der Waals surface area contributed by atoms with Gasteiger partial charge in [-0.05, 0) is 17.5 Å². The summed E-state index contributed by atoms with van der Waals surface area (Å²) < 4.78 is 0. The van der Waals surface area contributed by atoms with E-state index in [9.17, 15) is 0 Å². The van der Waals surface area contributed by atoms with Gasteiger partial charge in [-0.2, -0.15) is 5.26 Å². The van der Waals surface area contributed by atoms with Crippen molar-refractivity contribution >= 4 is 5.69 Å². The molecule has 0 saturated heterocycles. The van der Waals surface area contributed by atoms with Crippen LogP contribution < -0.4 is 5.32 Å². The summed E-state index contributed by atoms with van der Waals surface area (Å²) in [5.41, 5.74) is 1.85. The molecule has 1 aromatic rings. The summed E-state index contributed by atoms with van der Waals surface area (Å²) in [4.78, 5) is 0. The van der Waals surface area contributed by atoms with Crippen LogP contribution in [0.2, 0.25) is 0 Å². The summed E-state index contributed by atoms with van der Waals surface area (Å²) in [6.07, 6.45) is 0. The Kier molecular flexibility index (Phi) is 3.14. The average Bonchev–Trinajstić information content (AvgIpc) is 2.14. The second-order valence-corrected chi connectivity index (χ2v) is 4.57. The fourth-order valence-electron chi connectivity index (χ4n) is 1.10. The first-order chi connectivity index (χ1) is 6.53. The molecule has 2 heteroatoms. The predicted octanol–water partition coefficient (Wildman–Crippen LogP) is 3.02. The Balaban J connectivity index is 2.73. The van der Waals surface area contributed by atoms with E-state index in [4.69, 9.17) is 5.26 Å². The zero-order valence-corrected chi connectivity index (χ0v) is 8.96. The minimum absolute atomic E-state index is 0.225. The van der Waals surface area contributed by atoms with E-state index in [1.165, 1.54) is 0 Å². The lowest BCUT2D eigenvalue weighted by Gasteiger charge is -2.20. The number of nitrogens with zero attached hydrogens (tertiary/aromatic N) is 1. The summed E-state index contributed by atoms with van der Waals surface area (Å²) in [6, 6.07) is 9.74. The fourth-order valence-corrected chi connectivity index (χ4v) is 1.10. The first kappa shape index (κ1) is 10.6. The van der Waals surface area contributed by atoms with E-state index in [1.54, 1.807) is 0 Å². The molecule has 0 aliphatic rings. The minimum atomic E-state index is 0.225. The molecule has 0 aliphatic carbocycles. The molecule has 0 aliphatic heterocycles. The molecule has 0 bridgehead atoms. The highest BCUT2D eigenvalue weighted by Gasteiger charge is 2.10. The van der Waals surface area contributed by atoms with Crippen molar-refractivity contribution in [1.29, 1.82) is 5.26 Å². The molecule has 0 amide bonds. The summed E-state index contributed by atoms with van der Waals surface area (Å²) in [5.74, 6) is 0. The maximum Gasteiger partial charge on any atom is 0.101 e. The Hall–Kier alpha value is -1.49. The van der Waals surface area contributed by atoms with Crippen LogP contribution in [0.3, 0.4) is 0 Å². The monoisotopic (exact) mass is 188 g/mol. The lowest BCUT2D eigenvalue weighted by molar-refractivity contribution is 0.443. The Morgan fingerprint density at radius 1 is 1.29 bits per heavy atom. The highest BCUT2D eigenvalue weighted by Crippen LogP contribution is 2.18. The van der Waals surface area contributed by atoms with Crippen molar-refractivity contribution in [2.75, 3.05) is 11.9 Å². The second-order valence-electron chi connectivity index (χ2n) is 4.57. The topological polar surface area (TPSA) is 35.8 Å². The highest BCUT2D eigenvalue weighted by molar-refractivity contribution is 5.57. The maximum absolute atomic E-state index is 8.86. The fraction of sp³-hybridized carbons (Fsp3) is 0.417. The van der Waals surface area contributed by atoms with Crippen molar-refractivity contribution in [2.24, 2.45) is 5.41 Å². The SMILES string of the molecule is CC(C)(C)CNc1ccccc1C#N. The molecular weight excluding hydrogens is 172 g/mol. The number of nitriles is 1. The van der Waals surface area contributed by atoms with E-state index in [0.717, 1.165) is 12.2 Å². The van der Waals surface area contributed by atoms with Crippen LogP contribution in [-0.2, 0) is 0 Å². The van der Waals surface area contributed by atoms with Crippen LogP contribution in [0, 0.1) is 16.7 Å². The molecule has 0 atom stereocenters. The molecule has 0 fully saturated rings. The molecule has 0 aromatic heterocycles. The van der Waals surface area contributed by atoms with Crippen molar-refractivity contribution in [3.63, 3.8) is 0 Å². The largest absolute Gasteiger partial charge is 0.383 e. The van der Waals surface area contributed by atoms with Gasteiger partial charge in [0, 0.05) is 6.54 Å². The molecule has 0 spiro atoms. The molecular formula is C12H16N2. The third-order valence-corrected chi connectivity index (χ3v) is 1.86. The van der Waals surface area contributed by atoms with E-state index >= 15 is 0 Å². The van der Waals surface area contributed by atoms with Crippen LogP contribution in [0.1, 0.15) is 26.3 Å². The maximum atomic E-state index is 8.86. The average molecular weight is 188 g/mol.